The van der Waals surface area contributed by atoms with Gasteiger partial charge in [0.05, 0.1) is 6.54 Å². The third-order valence-electron chi connectivity index (χ3n) is 3.06. The van der Waals surface area contributed by atoms with Gasteiger partial charge in [0.25, 0.3) is 0 Å². The van der Waals surface area contributed by atoms with Crippen LogP contribution < -0.4 is 5.69 Å². The molecule has 0 fully saturated rings. The second-order valence-corrected chi connectivity index (χ2v) is 4.33. The lowest BCUT2D eigenvalue weighted by atomic mass is 10.2. The molecular formula is C12H21N3O3. The van der Waals surface area contributed by atoms with Gasteiger partial charge in [-0.25, -0.2) is 9.48 Å². The Balaban J connectivity index is 2.12. The average molecular weight is 255 g/mol. The zero-order valence-corrected chi connectivity index (χ0v) is 11.1. The van der Waals surface area contributed by atoms with Gasteiger partial charge in [-0.3, -0.25) is 4.57 Å². The molecule has 0 spiro atoms. The van der Waals surface area contributed by atoms with E-state index in [0.29, 0.717) is 19.8 Å². The normalized spacial score (nSPS) is 15.1. The Labute approximate surface area is 107 Å². The van der Waals surface area contributed by atoms with E-state index in [9.17, 15) is 4.79 Å². The van der Waals surface area contributed by atoms with Crippen LogP contribution in [0.2, 0.25) is 0 Å². The monoisotopic (exact) mass is 255 g/mol. The van der Waals surface area contributed by atoms with Crippen LogP contribution in [0.1, 0.15) is 32.5 Å². The number of ether oxygens (including phenoxy) is 2. The van der Waals surface area contributed by atoms with Crippen molar-refractivity contribution in [2.24, 2.45) is 0 Å². The molecule has 0 N–H and O–H groups in total. The molecule has 0 aliphatic carbocycles. The van der Waals surface area contributed by atoms with E-state index in [1.807, 2.05) is 13.8 Å². The SMILES string of the molecule is CCOC(Cn1nc2n(c1=O)CCCC2)OCC. The summed E-state index contributed by atoms with van der Waals surface area (Å²) in [6.45, 7) is 6.09. The highest BCUT2D eigenvalue weighted by Gasteiger charge is 2.19. The number of rotatable bonds is 6. The molecule has 102 valence electrons. The number of hydrogen-bond donors (Lipinski definition) is 0. The Kier molecular flexibility index (Phi) is 4.54. The van der Waals surface area contributed by atoms with Crippen molar-refractivity contribution in [2.75, 3.05) is 13.2 Å². The molecule has 0 bridgehead atoms. The van der Waals surface area contributed by atoms with E-state index in [1.165, 1.54) is 4.68 Å². The molecule has 2 heterocycles. The first-order chi connectivity index (χ1) is 8.76. The number of nitrogens with zero attached hydrogens (tertiary/aromatic N) is 3. The van der Waals surface area contributed by atoms with Crippen molar-refractivity contribution >= 4 is 0 Å². The first-order valence-electron chi connectivity index (χ1n) is 6.66. The third-order valence-corrected chi connectivity index (χ3v) is 3.06. The van der Waals surface area contributed by atoms with Crippen LogP contribution in [0.5, 0.6) is 0 Å². The van der Waals surface area contributed by atoms with Crippen molar-refractivity contribution in [3.63, 3.8) is 0 Å². The fourth-order valence-corrected chi connectivity index (χ4v) is 2.23. The number of aromatic nitrogens is 3. The van der Waals surface area contributed by atoms with E-state index in [1.54, 1.807) is 4.57 Å². The molecule has 0 radical (unpaired) electrons. The molecule has 0 aromatic carbocycles. The molecule has 0 saturated heterocycles. The Bertz CT molecular complexity index is 432. The fraction of sp³-hybridized carbons (Fsp3) is 0.833. The van der Waals surface area contributed by atoms with Crippen LogP contribution >= 0.6 is 0 Å². The molecule has 1 aliphatic rings. The van der Waals surface area contributed by atoms with Gasteiger partial charge in [0.2, 0.25) is 0 Å². The molecule has 1 aromatic heterocycles. The minimum atomic E-state index is -0.394. The van der Waals surface area contributed by atoms with E-state index >= 15 is 0 Å². The van der Waals surface area contributed by atoms with Gasteiger partial charge in [-0.2, -0.15) is 5.10 Å². The average Bonchev–Trinajstić information content (AvgIpc) is 2.68. The molecule has 0 unspecified atom stereocenters. The Morgan fingerprint density at radius 3 is 2.61 bits per heavy atom. The van der Waals surface area contributed by atoms with E-state index in [0.717, 1.165) is 31.6 Å². The van der Waals surface area contributed by atoms with Gasteiger partial charge in [-0.15, -0.1) is 0 Å². The van der Waals surface area contributed by atoms with Crippen molar-refractivity contribution in [1.82, 2.24) is 14.3 Å². The number of fused-ring (bicyclic) bond motifs is 1. The lowest BCUT2D eigenvalue weighted by molar-refractivity contribution is -0.145. The van der Waals surface area contributed by atoms with E-state index in [-0.39, 0.29) is 5.69 Å². The summed E-state index contributed by atoms with van der Waals surface area (Å²) >= 11 is 0. The van der Waals surface area contributed by atoms with Crippen LogP contribution in [0.3, 0.4) is 0 Å². The van der Waals surface area contributed by atoms with E-state index in [4.69, 9.17) is 9.47 Å². The summed E-state index contributed by atoms with van der Waals surface area (Å²) in [5.41, 5.74) is -0.0471. The van der Waals surface area contributed by atoms with E-state index in [2.05, 4.69) is 5.10 Å². The summed E-state index contributed by atoms with van der Waals surface area (Å²) < 4.78 is 14.1. The summed E-state index contributed by atoms with van der Waals surface area (Å²) in [7, 11) is 0. The Hall–Kier alpha value is -1.14. The number of hydrogen-bond acceptors (Lipinski definition) is 4. The highest BCUT2D eigenvalue weighted by atomic mass is 16.7. The molecule has 1 aliphatic heterocycles. The van der Waals surface area contributed by atoms with Crippen LogP contribution in [-0.4, -0.2) is 33.9 Å². The van der Waals surface area contributed by atoms with Gasteiger partial charge in [-0.05, 0) is 26.7 Å². The molecule has 6 heteroatoms. The summed E-state index contributed by atoms with van der Waals surface area (Å²) in [6, 6.07) is 0. The van der Waals surface area contributed by atoms with Crippen molar-refractivity contribution < 1.29 is 9.47 Å². The van der Waals surface area contributed by atoms with Crippen molar-refractivity contribution in [1.29, 1.82) is 0 Å². The minimum Gasteiger partial charge on any atom is -0.351 e. The zero-order valence-electron chi connectivity index (χ0n) is 11.1. The largest absolute Gasteiger partial charge is 0.351 e. The summed E-state index contributed by atoms with van der Waals surface area (Å²) in [5.74, 6) is 0.887. The molecular weight excluding hydrogens is 234 g/mol. The highest BCUT2D eigenvalue weighted by molar-refractivity contribution is 4.91. The van der Waals surface area contributed by atoms with Gasteiger partial charge in [-0.1, -0.05) is 0 Å². The van der Waals surface area contributed by atoms with Crippen molar-refractivity contribution in [3.8, 4) is 0 Å². The number of aryl methyl sites for hydroxylation is 1. The molecule has 18 heavy (non-hydrogen) atoms. The maximum absolute atomic E-state index is 12.1. The first kappa shape index (κ1) is 13.3. The summed E-state index contributed by atoms with van der Waals surface area (Å²) in [5, 5.41) is 4.36. The third kappa shape index (κ3) is 2.81. The predicted octanol–water partition coefficient (Wildman–Crippen LogP) is 0.780. The maximum Gasteiger partial charge on any atom is 0.346 e. The smallest absolute Gasteiger partial charge is 0.346 e. The van der Waals surface area contributed by atoms with Crippen LogP contribution in [0.25, 0.3) is 0 Å². The Morgan fingerprint density at radius 1 is 1.28 bits per heavy atom. The van der Waals surface area contributed by atoms with Gasteiger partial charge in [0.1, 0.15) is 5.82 Å². The predicted molar refractivity (Wildman–Crippen MR) is 66.5 cm³/mol. The van der Waals surface area contributed by atoms with Crippen molar-refractivity contribution in [3.05, 3.63) is 16.3 Å². The van der Waals surface area contributed by atoms with Crippen LogP contribution in [0.15, 0.2) is 4.79 Å². The van der Waals surface area contributed by atoms with Crippen molar-refractivity contribution in [2.45, 2.75) is 52.5 Å². The zero-order chi connectivity index (χ0) is 13.0. The fourth-order valence-electron chi connectivity index (χ4n) is 2.23. The minimum absolute atomic E-state index is 0.0471. The van der Waals surface area contributed by atoms with Crippen LogP contribution in [0.4, 0.5) is 0 Å². The molecule has 1 aromatic rings. The van der Waals surface area contributed by atoms with Crippen LogP contribution in [0, 0.1) is 0 Å². The second kappa shape index (κ2) is 6.15. The topological polar surface area (TPSA) is 58.3 Å². The molecule has 0 saturated carbocycles. The molecule has 2 rings (SSSR count). The second-order valence-electron chi connectivity index (χ2n) is 4.33. The maximum atomic E-state index is 12.1. The van der Waals surface area contributed by atoms with Gasteiger partial charge < -0.3 is 9.47 Å². The van der Waals surface area contributed by atoms with Gasteiger partial charge in [0, 0.05) is 26.2 Å². The lowest BCUT2D eigenvalue weighted by Crippen LogP contribution is -2.32. The molecule has 0 amide bonds. The van der Waals surface area contributed by atoms with Gasteiger partial charge >= 0.3 is 5.69 Å². The summed E-state index contributed by atoms with van der Waals surface area (Å²) in [4.78, 5) is 12.1. The first-order valence-corrected chi connectivity index (χ1v) is 6.66. The molecule has 0 atom stereocenters. The standard InChI is InChI=1S/C12H21N3O3/c1-3-17-11(18-4-2)9-15-12(16)14-8-6-5-7-10(14)13-15/h11H,3-9H2,1-2H3. The van der Waals surface area contributed by atoms with Gasteiger partial charge in [0.15, 0.2) is 6.29 Å². The quantitative estimate of drug-likeness (QED) is 0.705. The van der Waals surface area contributed by atoms with Crippen LogP contribution in [-0.2, 0) is 29.0 Å². The Morgan fingerprint density at radius 2 is 2.00 bits per heavy atom. The highest BCUT2D eigenvalue weighted by Crippen LogP contribution is 2.09. The molecule has 6 nitrogen and oxygen atoms in total. The van der Waals surface area contributed by atoms with E-state index < -0.39 is 6.29 Å². The summed E-state index contributed by atoms with van der Waals surface area (Å²) in [6.07, 6.45) is 2.65. The lowest BCUT2D eigenvalue weighted by Gasteiger charge is -2.15.